The van der Waals surface area contributed by atoms with Gasteiger partial charge in [-0.3, -0.25) is 0 Å². The van der Waals surface area contributed by atoms with Crippen molar-refractivity contribution in [3.8, 4) is 44.5 Å². The summed E-state index contributed by atoms with van der Waals surface area (Å²) in [5.41, 5.74) is 14.5. The smallest absolute Gasteiger partial charge is 0.136 e. The van der Waals surface area contributed by atoms with Gasteiger partial charge in [0.15, 0.2) is 0 Å². The van der Waals surface area contributed by atoms with Crippen molar-refractivity contribution >= 4 is 71.3 Å². The van der Waals surface area contributed by atoms with Gasteiger partial charge in [0.05, 0.1) is 5.69 Å². The Morgan fingerprint density at radius 2 is 0.823 bits per heavy atom. The first-order valence-corrected chi connectivity index (χ1v) is 21.2. The molecule has 62 heavy (non-hydrogen) atoms. The average molecular weight is 790 g/mol. The highest BCUT2D eigenvalue weighted by Crippen LogP contribution is 2.44. The number of hydrogen-bond donors (Lipinski definition) is 0. The average Bonchev–Trinajstić information content (AvgIpc) is 3.70. The van der Waals surface area contributed by atoms with Gasteiger partial charge in [-0.2, -0.15) is 0 Å². The van der Waals surface area contributed by atoms with E-state index in [1.165, 1.54) is 60.1 Å². The molecule has 0 spiro atoms. The molecule has 0 atom stereocenters. The zero-order valence-corrected chi connectivity index (χ0v) is 33.9. The van der Waals surface area contributed by atoms with E-state index in [0.717, 1.165) is 55.7 Å². The largest absolute Gasteiger partial charge is 0.456 e. The van der Waals surface area contributed by atoms with Gasteiger partial charge in [-0.05, 0) is 132 Å². The zero-order valence-electron chi connectivity index (χ0n) is 33.9. The summed E-state index contributed by atoms with van der Waals surface area (Å²) in [5.74, 6) is 0. The lowest BCUT2D eigenvalue weighted by Gasteiger charge is -2.28. The standard InChI is InChI=1S/C60H39NO/c1-2-13-45-35-49(28-25-40(45)11-1)46-17-9-18-52(36-46)61(51-32-29-42(30-33-51)41-23-26-44(27-24-41)54-21-10-16-43-12-5-6-19-53(43)54)58-22-8-7-20-55(58)50-31-34-59-56(38-50)57-37-47-14-3-4-15-48(47)39-60(57)62-59/h1-39H. The van der Waals surface area contributed by atoms with Gasteiger partial charge < -0.3 is 9.32 Å². The van der Waals surface area contributed by atoms with Crippen LogP contribution in [0.15, 0.2) is 241 Å². The molecule has 1 heterocycles. The molecule has 12 aromatic rings. The second-order valence-electron chi connectivity index (χ2n) is 16.1. The lowest BCUT2D eigenvalue weighted by molar-refractivity contribution is 0.669. The van der Waals surface area contributed by atoms with Gasteiger partial charge in [0.2, 0.25) is 0 Å². The quantitative estimate of drug-likeness (QED) is 0.160. The Kier molecular flexibility index (Phi) is 8.53. The maximum absolute atomic E-state index is 6.43. The molecular formula is C60H39NO. The van der Waals surface area contributed by atoms with Gasteiger partial charge in [-0.25, -0.2) is 0 Å². The van der Waals surface area contributed by atoms with Crippen molar-refractivity contribution in [3.63, 3.8) is 0 Å². The van der Waals surface area contributed by atoms with Crippen molar-refractivity contribution in [1.29, 1.82) is 0 Å². The second kappa shape index (κ2) is 14.8. The van der Waals surface area contributed by atoms with Crippen molar-refractivity contribution in [2.24, 2.45) is 0 Å². The van der Waals surface area contributed by atoms with Crippen LogP contribution in [0.5, 0.6) is 0 Å². The molecule has 0 bridgehead atoms. The van der Waals surface area contributed by atoms with E-state index in [-0.39, 0.29) is 0 Å². The first-order chi connectivity index (χ1) is 30.7. The minimum absolute atomic E-state index is 0.886. The fraction of sp³-hybridized carbons (Fsp3) is 0. The number of benzene rings is 11. The third kappa shape index (κ3) is 6.29. The van der Waals surface area contributed by atoms with Gasteiger partial charge >= 0.3 is 0 Å². The SMILES string of the molecule is c1cc(-c2ccc3ccccc3c2)cc(N(c2ccc(-c3ccc(-c4cccc5ccccc45)cc3)cc2)c2ccccc2-c2ccc3oc4cc5ccccc5cc4c3c2)c1. The van der Waals surface area contributed by atoms with E-state index < -0.39 is 0 Å². The number of nitrogens with zero attached hydrogens (tertiary/aromatic N) is 1. The molecule has 11 aromatic carbocycles. The Balaban J connectivity index is 0.969. The van der Waals surface area contributed by atoms with Gasteiger partial charge in [-0.15, -0.1) is 0 Å². The summed E-state index contributed by atoms with van der Waals surface area (Å²) in [4.78, 5) is 2.40. The molecule has 0 aliphatic rings. The summed E-state index contributed by atoms with van der Waals surface area (Å²) < 4.78 is 6.43. The molecule has 12 rings (SSSR count). The predicted octanol–water partition coefficient (Wildman–Crippen LogP) is 17.2. The van der Waals surface area contributed by atoms with Crippen LogP contribution in [-0.4, -0.2) is 0 Å². The van der Waals surface area contributed by atoms with E-state index in [1.54, 1.807) is 0 Å². The molecule has 2 heteroatoms. The van der Waals surface area contributed by atoms with Crippen LogP contribution in [0.1, 0.15) is 0 Å². The highest BCUT2D eigenvalue weighted by Gasteiger charge is 2.19. The fourth-order valence-electron chi connectivity index (χ4n) is 9.29. The van der Waals surface area contributed by atoms with Crippen molar-refractivity contribution in [2.45, 2.75) is 0 Å². The summed E-state index contributed by atoms with van der Waals surface area (Å²) in [6.45, 7) is 0. The number of rotatable bonds is 7. The molecular weight excluding hydrogens is 751 g/mol. The molecule has 0 unspecified atom stereocenters. The molecule has 0 N–H and O–H groups in total. The maximum Gasteiger partial charge on any atom is 0.136 e. The van der Waals surface area contributed by atoms with E-state index in [0.29, 0.717) is 0 Å². The van der Waals surface area contributed by atoms with Crippen molar-refractivity contribution < 1.29 is 4.42 Å². The zero-order chi connectivity index (χ0) is 41.0. The fourth-order valence-corrected chi connectivity index (χ4v) is 9.29. The topological polar surface area (TPSA) is 16.4 Å². The normalized spacial score (nSPS) is 11.5. The molecule has 0 saturated carbocycles. The Morgan fingerprint density at radius 1 is 0.258 bits per heavy atom. The molecule has 0 saturated heterocycles. The number of anilines is 3. The highest BCUT2D eigenvalue weighted by atomic mass is 16.3. The van der Waals surface area contributed by atoms with Gasteiger partial charge in [-0.1, -0.05) is 176 Å². The Labute approximate surface area is 360 Å². The second-order valence-corrected chi connectivity index (χ2v) is 16.1. The van der Waals surface area contributed by atoms with Crippen molar-refractivity contribution in [2.75, 3.05) is 4.90 Å². The van der Waals surface area contributed by atoms with Crippen LogP contribution in [0.25, 0.3) is 98.8 Å². The molecule has 0 fully saturated rings. The summed E-state index contributed by atoms with van der Waals surface area (Å²) in [5, 5.41) is 9.60. The molecule has 2 nitrogen and oxygen atoms in total. The van der Waals surface area contributed by atoms with E-state index in [9.17, 15) is 0 Å². The van der Waals surface area contributed by atoms with Crippen LogP contribution in [0.2, 0.25) is 0 Å². The van der Waals surface area contributed by atoms with Gasteiger partial charge in [0.25, 0.3) is 0 Å². The Morgan fingerprint density at radius 3 is 1.65 bits per heavy atom. The van der Waals surface area contributed by atoms with Gasteiger partial charge in [0.1, 0.15) is 11.2 Å². The van der Waals surface area contributed by atoms with Gasteiger partial charge in [0, 0.05) is 27.7 Å². The van der Waals surface area contributed by atoms with Crippen LogP contribution < -0.4 is 4.90 Å². The predicted molar refractivity (Wildman–Crippen MR) is 263 cm³/mol. The van der Waals surface area contributed by atoms with Crippen molar-refractivity contribution in [3.05, 3.63) is 237 Å². The summed E-state index contributed by atoms with van der Waals surface area (Å²) in [7, 11) is 0. The minimum atomic E-state index is 0.886. The van der Waals surface area contributed by atoms with Crippen LogP contribution >= 0.6 is 0 Å². The molecule has 1 aromatic heterocycles. The minimum Gasteiger partial charge on any atom is -0.456 e. The van der Waals surface area contributed by atoms with Crippen LogP contribution in [-0.2, 0) is 0 Å². The molecule has 0 amide bonds. The van der Waals surface area contributed by atoms with E-state index in [2.05, 4.69) is 241 Å². The van der Waals surface area contributed by atoms with E-state index in [4.69, 9.17) is 4.42 Å². The number of hydrogen-bond acceptors (Lipinski definition) is 2. The van der Waals surface area contributed by atoms with Crippen molar-refractivity contribution in [1.82, 2.24) is 0 Å². The number of para-hydroxylation sites is 1. The number of fused-ring (bicyclic) bond motifs is 6. The highest BCUT2D eigenvalue weighted by molar-refractivity contribution is 6.11. The van der Waals surface area contributed by atoms with E-state index in [1.807, 2.05) is 0 Å². The first-order valence-electron chi connectivity index (χ1n) is 21.2. The Hall–Kier alpha value is -8.20. The summed E-state index contributed by atoms with van der Waals surface area (Å²) >= 11 is 0. The third-order valence-electron chi connectivity index (χ3n) is 12.4. The van der Waals surface area contributed by atoms with Crippen LogP contribution in [0.4, 0.5) is 17.1 Å². The monoisotopic (exact) mass is 789 g/mol. The molecule has 0 radical (unpaired) electrons. The first kappa shape index (κ1) is 35.7. The molecule has 290 valence electrons. The third-order valence-corrected chi connectivity index (χ3v) is 12.4. The molecule has 0 aliphatic carbocycles. The molecule has 0 aliphatic heterocycles. The van der Waals surface area contributed by atoms with Crippen LogP contribution in [0, 0.1) is 0 Å². The summed E-state index contributed by atoms with van der Waals surface area (Å²) in [6.07, 6.45) is 0. The summed E-state index contributed by atoms with van der Waals surface area (Å²) in [6, 6.07) is 85.6. The maximum atomic E-state index is 6.43. The Bertz CT molecular complexity index is 3630. The lowest BCUT2D eigenvalue weighted by Crippen LogP contribution is -2.11. The van der Waals surface area contributed by atoms with E-state index >= 15 is 0 Å². The lowest BCUT2D eigenvalue weighted by atomic mass is 9.96. The van der Waals surface area contributed by atoms with Crippen LogP contribution in [0.3, 0.4) is 0 Å². The number of furan rings is 1.